The molecular weight excluding hydrogens is 216 g/mol. The molecule has 1 aromatic rings. The van der Waals surface area contributed by atoms with Crippen molar-refractivity contribution in [2.24, 2.45) is 5.73 Å². The van der Waals surface area contributed by atoms with Gasteiger partial charge in [0.25, 0.3) is 0 Å². The second kappa shape index (κ2) is 5.38. The standard InChI is InChI=1S/C13H20N2O2/c1-9-5-12-13(17-8-16-12)6-11(9)3-4-15-7-10(2)14/h5-6,10,15H,3-4,7-8,14H2,1-2H3. The maximum Gasteiger partial charge on any atom is 0.231 e. The quantitative estimate of drug-likeness (QED) is 0.754. The van der Waals surface area contributed by atoms with Gasteiger partial charge in [-0.25, -0.2) is 0 Å². The van der Waals surface area contributed by atoms with Crippen LogP contribution in [0, 0.1) is 6.92 Å². The summed E-state index contributed by atoms with van der Waals surface area (Å²) >= 11 is 0. The Morgan fingerprint density at radius 3 is 2.76 bits per heavy atom. The zero-order chi connectivity index (χ0) is 12.3. The lowest BCUT2D eigenvalue weighted by Crippen LogP contribution is -2.32. The van der Waals surface area contributed by atoms with Gasteiger partial charge in [0.2, 0.25) is 6.79 Å². The van der Waals surface area contributed by atoms with E-state index >= 15 is 0 Å². The van der Waals surface area contributed by atoms with Crippen molar-refractivity contribution in [2.75, 3.05) is 19.9 Å². The van der Waals surface area contributed by atoms with Gasteiger partial charge in [-0.15, -0.1) is 0 Å². The maximum atomic E-state index is 5.68. The fourth-order valence-electron chi connectivity index (χ4n) is 1.91. The molecule has 1 heterocycles. The third-order valence-electron chi connectivity index (χ3n) is 2.87. The van der Waals surface area contributed by atoms with Gasteiger partial charge in [-0.1, -0.05) is 0 Å². The van der Waals surface area contributed by atoms with E-state index in [-0.39, 0.29) is 6.04 Å². The number of benzene rings is 1. The number of nitrogens with two attached hydrogens (primary N) is 1. The normalized spacial score (nSPS) is 15.0. The van der Waals surface area contributed by atoms with Gasteiger partial charge in [-0.2, -0.15) is 0 Å². The molecule has 0 radical (unpaired) electrons. The number of nitrogens with one attached hydrogen (secondary N) is 1. The SMILES string of the molecule is Cc1cc2c(cc1CCNCC(C)N)OCO2. The number of aryl methyl sites for hydroxylation is 1. The first-order valence-corrected chi connectivity index (χ1v) is 6.02. The Bertz CT molecular complexity index is 391. The lowest BCUT2D eigenvalue weighted by atomic mass is 10.0. The number of hydrogen-bond acceptors (Lipinski definition) is 4. The van der Waals surface area contributed by atoms with Crippen LogP contribution in [0.25, 0.3) is 0 Å². The van der Waals surface area contributed by atoms with Crippen LogP contribution in [0.2, 0.25) is 0 Å². The van der Waals surface area contributed by atoms with Gasteiger partial charge in [0.15, 0.2) is 11.5 Å². The summed E-state index contributed by atoms with van der Waals surface area (Å²) in [5.41, 5.74) is 8.22. The van der Waals surface area contributed by atoms with Gasteiger partial charge in [-0.05, 0) is 50.1 Å². The Morgan fingerprint density at radius 2 is 2.06 bits per heavy atom. The fourth-order valence-corrected chi connectivity index (χ4v) is 1.91. The molecule has 0 saturated carbocycles. The monoisotopic (exact) mass is 236 g/mol. The largest absolute Gasteiger partial charge is 0.454 e. The van der Waals surface area contributed by atoms with Gasteiger partial charge < -0.3 is 20.5 Å². The van der Waals surface area contributed by atoms with E-state index in [0.29, 0.717) is 6.79 Å². The molecule has 1 unspecified atom stereocenters. The first-order valence-electron chi connectivity index (χ1n) is 6.02. The summed E-state index contributed by atoms with van der Waals surface area (Å²) in [7, 11) is 0. The number of rotatable bonds is 5. The van der Waals surface area contributed by atoms with Crippen molar-refractivity contribution in [3.63, 3.8) is 0 Å². The Balaban J connectivity index is 1.92. The molecule has 1 aromatic carbocycles. The van der Waals surface area contributed by atoms with E-state index in [2.05, 4.69) is 18.3 Å². The minimum atomic E-state index is 0.202. The molecule has 17 heavy (non-hydrogen) atoms. The highest BCUT2D eigenvalue weighted by molar-refractivity contribution is 5.48. The van der Waals surface area contributed by atoms with Crippen molar-refractivity contribution in [3.8, 4) is 11.5 Å². The molecule has 0 spiro atoms. The maximum absolute atomic E-state index is 5.68. The lowest BCUT2D eigenvalue weighted by Gasteiger charge is -2.10. The molecule has 0 aliphatic carbocycles. The lowest BCUT2D eigenvalue weighted by molar-refractivity contribution is 0.174. The third kappa shape index (κ3) is 3.11. The summed E-state index contributed by atoms with van der Waals surface area (Å²) in [4.78, 5) is 0. The zero-order valence-electron chi connectivity index (χ0n) is 10.5. The molecule has 4 nitrogen and oxygen atoms in total. The van der Waals surface area contributed by atoms with Crippen LogP contribution in [-0.2, 0) is 6.42 Å². The highest BCUT2D eigenvalue weighted by Crippen LogP contribution is 2.34. The van der Waals surface area contributed by atoms with Crippen LogP contribution in [-0.4, -0.2) is 25.9 Å². The van der Waals surface area contributed by atoms with E-state index < -0.39 is 0 Å². The third-order valence-corrected chi connectivity index (χ3v) is 2.87. The van der Waals surface area contributed by atoms with Gasteiger partial charge in [0, 0.05) is 12.6 Å². The zero-order valence-corrected chi connectivity index (χ0v) is 10.5. The van der Waals surface area contributed by atoms with Gasteiger partial charge >= 0.3 is 0 Å². The summed E-state index contributed by atoms with van der Waals surface area (Å²) in [6.45, 7) is 6.22. The van der Waals surface area contributed by atoms with Gasteiger partial charge in [0.1, 0.15) is 0 Å². The average Bonchev–Trinajstić information content (AvgIpc) is 2.71. The summed E-state index contributed by atoms with van der Waals surface area (Å²) in [5.74, 6) is 1.72. The first-order chi connectivity index (χ1) is 8.16. The topological polar surface area (TPSA) is 56.5 Å². The van der Waals surface area contributed by atoms with E-state index in [4.69, 9.17) is 15.2 Å². The first kappa shape index (κ1) is 12.2. The summed E-state index contributed by atoms with van der Waals surface area (Å²) in [6, 6.07) is 4.32. The number of ether oxygens (including phenoxy) is 2. The average molecular weight is 236 g/mol. The molecule has 0 amide bonds. The van der Waals surface area contributed by atoms with Crippen LogP contribution < -0.4 is 20.5 Å². The van der Waals surface area contributed by atoms with Crippen LogP contribution >= 0.6 is 0 Å². The predicted octanol–water partition coefficient (Wildman–Crippen LogP) is 1.20. The van der Waals surface area contributed by atoms with Crippen molar-refractivity contribution in [1.82, 2.24) is 5.32 Å². The van der Waals surface area contributed by atoms with E-state index in [0.717, 1.165) is 31.0 Å². The molecule has 2 rings (SSSR count). The van der Waals surface area contributed by atoms with Crippen molar-refractivity contribution in [3.05, 3.63) is 23.3 Å². The molecule has 94 valence electrons. The highest BCUT2D eigenvalue weighted by atomic mass is 16.7. The molecule has 0 bridgehead atoms. The predicted molar refractivity (Wildman–Crippen MR) is 67.5 cm³/mol. The van der Waals surface area contributed by atoms with Crippen molar-refractivity contribution in [2.45, 2.75) is 26.3 Å². The summed E-state index contributed by atoms with van der Waals surface area (Å²) in [6.07, 6.45) is 0.981. The molecule has 1 atom stereocenters. The Labute approximate surface area is 102 Å². The van der Waals surface area contributed by atoms with E-state index in [1.165, 1.54) is 11.1 Å². The number of hydrogen-bond donors (Lipinski definition) is 2. The van der Waals surface area contributed by atoms with Gasteiger partial charge in [0.05, 0.1) is 0 Å². The van der Waals surface area contributed by atoms with Gasteiger partial charge in [-0.3, -0.25) is 0 Å². The molecule has 1 aliphatic rings. The van der Waals surface area contributed by atoms with Crippen LogP contribution in [0.15, 0.2) is 12.1 Å². The minimum absolute atomic E-state index is 0.202. The molecule has 4 heteroatoms. The molecular formula is C13H20N2O2. The number of fused-ring (bicyclic) bond motifs is 1. The van der Waals surface area contributed by atoms with E-state index in [9.17, 15) is 0 Å². The van der Waals surface area contributed by atoms with E-state index in [1.807, 2.05) is 13.0 Å². The van der Waals surface area contributed by atoms with Crippen LogP contribution in [0.3, 0.4) is 0 Å². The Morgan fingerprint density at radius 1 is 1.35 bits per heavy atom. The second-order valence-corrected chi connectivity index (χ2v) is 4.56. The van der Waals surface area contributed by atoms with Crippen molar-refractivity contribution >= 4 is 0 Å². The minimum Gasteiger partial charge on any atom is -0.454 e. The van der Waals surface area contributed by atoms with Crippen LogP contribution in [0.4, 0.5) is 0 Å². The molecule has 0 fully saturated rings. The summed E-state index contributed by atoms with van der Waals surface area (Å²) < 4.78 is 10.7. The second-order valence-electron chi connectivity index (χ2n) is 4.56. The smallest absolute Gasteiger partial charge is 0.231 e. The van der Waals surface area contributed by atoms with Crippen LogP contribution in [0.5, 0.6) is 11.5 Å². The molecule has 3 N–H and O–H groups in total. The van der Waals surface area contributed by atoms with Crippen molar-refractivity contribution in [1.29, 1.82) is 0 Å². The molecule has 0 saturated heterocycles. The van der Waals surface area contributed by atoms with E-state index in [1.54, 1.807) is 0 Å². The summed E-state index contributed by atoms with van der Waals surface area (Å²) in [5, 5.41) is 3.33. The molecule has 1 aliphatic heterocycles. The van der Waals surface area contributed by atoms with Crippen LogP contribution in [0.1, 0.15) is 18.1 Å². The fraction of sp³-hybridized carbons (Fsp3) is 0.538. The Hall–Kier alpha value is -1.26. The highest BCUT2D eigenvalue weighted by Gasteiger charge is 2.15. The van der Waals surface area contributed by atoms with Crippen molar-refractivity contribution < 1.29 is 9.47 Å². The molecule has 0 aromatic heterocycles. The Kier molecular flexibility index (Phi) is 3.86.